The van der Waals surface area contributed by atoms with Crippen molar-refractivity contribution in [1.82, 2.24) is 0 Å². The fraction of sp³-hybridized carbons (Fsp3) is 0.0370. The normalized spacial score (nSPS) is 10.7. The predicted molar refractivity (Wildman–Crippen MR) is 162 cm³/mol. The number of rotatable bonds is 7. The molecule has 4 aromatic carbocycles. The number of benzene rings is 4. The first-order valence-corrected chi connectivity index (χ1v) is 14.9. The van der Waals surface area contributed by atoms with E-state index >= 15 is 0 Å². The summed E-state index contributed by atoms with van der Waals surface area (Å²) in [6, 6.07) is 31.9. The van der Waals surface area contributed by atoms with Gasteiger partial charge >= 0.3 is 11.9 Å². The summed E-state index contributed by atoms with van der Waals surface area (Å²) in [4.78, 5) is 28.4. The van der Waals surface area contributed by atoms with E-state index in [1.807, 2.05) is 60.7 Å². The molecular weight excluding hydrogens is 801 g/mol. The molecule has 0 radical (unpaired) electrons. The largest absolute Gasteiger partial charge is 0.450 e. The molecule has 0 amide bonds. The summed E-state index contributed by atoms with van der Waals surface area (Å²) in [7, 11) is -0.285. The van der Waals surface area contributed by atoms with Crippen LogP contribution in [0.25, 0.3) is 0 Å². The van der Waals surface area contributed by atoms with E-state index in [9.17, 15) is 9.59 Å². The number of hydrogen-bond acceptors (Lipinski definition) is 4. The Labute approximate surface area is 247 Å². The molecule has 0 aliphatic heterocycles. The molecule has 0 saturated carbocycles. The van der Waals surface area contributed by atoms with Gasteiger partial charge in [0, 0.05) is 10.7 Å². The highest BCUT2D eigenvalue weighted by Gasteiger charge is 2.28. The van der Waals surface area contributed by atoms with Gasteiger partial charge in [0.1, 0.15) is 5.75 Å². The first-order chi connectivity index (χ1) is 16.9. The first-order valence-electron chi connectivity index (χ1n) is 10.4. The van der Waals surface area contributed by atoms with Crippen molar-refractivity contribution in [2.24, 2.45) is 0 Å². The van der Waals surface area contributed by atoms with E-state index in [0.29, 0.717) is 11.3 Å². The van der Waals surface area contributed by atoms with E-state index in [-0.39, 0.29) is 10.9 Å². The molecular formula is C27H18I3O4S+. The maximum atomic E-state index is 12.5. The quantitative estimate of drug-likeness (QED) is 0.0644. The Morgan fingerprint density at radius 1 is 0.657 bits per heavy atom. The second kappa shape index (κ2) is 12.5. The van der Waals surface area contributed by atoms with Gasteiger partial charge in [0.05, 0.1) is 16.5 Å². The van der Waals surface area contributed by atoms with Gasteiger partial charge in [-0.3, -0.25) is 0 Å². The summed E-state index contributed by atoms with van der Waals surface area (Å²) in [5.74, 6) is -0.774. The molecule has 176 valence electrons. The average Bonchev–Trinajstić information content (AvgIpc) is 2.88. The monoisotopic (exact) mass is 819 g/mol. The van der Waals surface area contributed by atoms with Crippen LogP contribution in [-0.4, -0.2) is 18.5 Å². The van der Waals surface area contributed by atoms with Gasteiger partial charge in [0.15, 0.2) is 21.3 Å². The molecule has 4 rings (SSSR count). The van der Waals surface area contributed by atoms with Crippen LogP contribution in [0.4, 0.5) is 0 Å². The lowest BCUT2D eigenvalue weighted by Gasteiger charge is -2.10. The van der Waals surface area contributed by atoms with E-state index in [2.05, 4.69) is 92.0 Å². The van der Waals surface area contributed by atoms with Crippen LogP contribution in [0, 0.1) is 10.7 Å². The molecule has 0 bridgehead atoms. The minimum absolute atomic E-state index is 0.285. The zero-order valence-electron chi connectivity index (χ0n) is 18.1. The zero-order chi connectivity index (χ0) is 24.8. The lowest BCUT2D eigenvalue weighted by molar-refractivity contribution is -0.137. The van der Waals surface area contributed by atoms with Gasteiger partial charge in [-0.15, -0.1) is 0 Å². The minimum Gasteiger partial charge on any atom is -0.450 e. The van der Waals surface area contributed by atoms with Crippen LogP contribution in [0.2, 0.25) is 0 Å². The van der Waals surface area contributed by atoms with Crippen molar-refractivity contribution in [2.45, 2.75) is 14.7 Å². The third-order valence-electron chi connectivity index (χ3n) is 4.82. The Kier molecular flexibility index (Phi) is 9.47. The van der Waals surface area contributed by atoms with Crippen molar-refractivity contribution in [3.8, 4) is 5.75 Å². The van der Waals surface area contributed by atoms with Crippen LogP contribution >= 0.6 is 67.8 Å². The van der Waals surface area contributed by atoms with Crippen molar-refractivity contribution in [2.75, 3.05) is 6.61 Å². The van der Waals surface area contributed by atoms with Gasteiger partial charge in [-0.05, 0) is 128 Å². The second-order valence-electron chi connectivity index (χ2n) is 7.17. The van der Waals surface area contributed by atoms with Gasteiger partial charge in [-0.25, -0.2) is 9.59 Å². The minimum atomic E-state index is -0.633. The molecule has 0 saturated heterocycles. The van der Waals surface area contributed by atoms with E-state index in [4.69, 9.17) is 9.47 Å². The summed E-state index contributed by atoms with van der Waals surface area (Å²) < 4.78 is 13.2. The third kappa shape index (κ3) is 6.77. The molecule has 35 heavy (non-hydrogen) atoms. The number of carbonyl (C=O) groups excluding carboxylic acids is 2. The van der Waals surface area contributed by atoms with Gasteiger partial charge in [-0.2, -0.15) is 0 Å². The fourth-order valence-electron chi connectivity index (χ4n) is 3.24. The average molecular weight is 819 g/mol. The van der Waals surface area contributed by atoms with E-state index in [1.54, 1.807) is 12.1 Å². The van der Waals surface area contributed by atoms with Crippen molar-refractivity contribution < 1.29 is 19.1 Å². The summed E-state index contributed by atoms with van der Waals surface area (Å²) >= 11 is 6.36. The number of hydrogen-bond donors (Lipinski definition) is 0. The standard InChI is InChI=1S/C27H18I3O4S/c28-22-15-16-23(29)26(30)25(22)27(32)33-17-24(31)34-18-11-13-21(14-12-18)35(19-7-3-1-4-8-19)20-9-5-2-6-10-20/h1-16H,17H2/q+1. The number of halogens is 3. The molecule has 4 nitrogen and oxygen atoms in total. The number of ether oxygens (including phenoxy) is 2. The molecule has 0 N–H and O–H groups in total. The highest BCUT2D eigenvalue weighted by molar-refractivity contribution is 14.1. The Hall–Kier alpha value is -1.64. The van der Waals surface area contributed by atoms with E-state index < -0.39 is 18.5 Å². The van der Waals surface area contributed by atoms with Gasteiger partial charge in [0.2, 0.25) is 0 Å². The number of esters is 2. The smallest absolute Gasteiger partial charge is 0.349 e. The van der Waals surface area contributed by atoms with Crippen LogP contribution in [0.15, 0.2) is 112 Å². The lowest BCUT2D eigenvalue weighted by Crippen LogP contribution is -2.20. The molecule has 4 aromatic rings. The molecule has 0 aromatic heterocycles. The molecule has 0 aliphatic rings. The van der Waals surface area contributed by atoms with Crippen LogP contribution in [0.5, 0.6) is 5.75 Å². The van der Waals surface area contributed by atoms with Crippen molar-refractivity contribution in [1.29, 1.82) is 0 Å². The SMILES string of the molecule is O=C(COC(=O)c1c(I)ccc(I)c1I)Oc1ccc([S+](c2ccccc2)c2ccccc2)cc1. The molecule has 0 aliphatic carbocycles. The van der Waals surface area contributed by atoms with Gasteiger partial charge in [-0.1, -0.05) is 36.4 Å². The Morgan fingerprint density at radius 3 is 1.74 bits per heavy atom. The van der Waals surface area contributed by atoms with E-state index in [1.165, 1.54) is 9.79 Å². The van der Waals surface area contributed by atoms with Crippen LogP contribution in [0.1, 0.15) is 10.4 Å². The highest BCUT2D eigenvalue weighted by atomic mass is 127. The summed E-state index contributed by atoms with van der Waals surface area (Å²) in [5.41, 5.74) is 0.462. The van der Waals surface area contributed by atoms with Crippen LogP contribution < -0.4 is 4.74 Å². The first kappa shape index (κ1) is 26.4. The molecule has 8 heteroatoms. The lowest BCUT2D eigenvalue weighted by atomic mass is 10.2. The third-order valence-corrected chi connectivity index (χ3v) is 11.0. The van der Waals surface area contributed by atoms with Crippen molar-refractivity contribution >= 4 is 90.6 Å². The number of carbonyl (C=O) groups is 2. The topological polar surface area (TPSA) is 52.6 Å². The molecule has 0 unspecified atom stereocenters. The zero-order valence-corrected chi connectivity index (χ0v) is 25.4. The van der Waals surface area contributed by atoms with Gasteiger partial charge in [0.25, 0.3) is 0 Å². The maximum absolute atomic E-state index is 12.5. The maximum Gasteiger partial charge on any atom is 0.349 e. The fourth-order valence-corrected chi connectivity index (χ4v) is 7.65. The Morgan fingerprint density at radius 2 is 1.17 bits per heavy atom. The molecule has 0 atom stereocenters. The van der Waals surface area contributed by atoms with Crippen molar-refractivity contribution in [3.05, 3.63) is 113 Å². The summed E-state index contributed by atoms with van der Waals surface area (Å²) in [6.07, 6.45) is 0. The van der Waals surface area contributed by atoms with Crippen LogP contribution in [0.3, 0.4) is 0 Å². The summed E-state index contributed by atoms with van der Waals surface area (Å²) in [6.45, 7) is -0.462. The Balaban J connectivity index is 1.44. The van der Waals surface area contributed by atoms with E-state index in [0.717, 1.165) is 15.6 Å². The Bertz CT molecular complexity index is 1290. The van der Waals surface area contributed by atoms with Gasteiger partial charge < -0.3 is 9.47 Å². The molecule has 0 spiro atoms. The molecule has 0 heterocycles. The highest BCUT2D eigenvalue weighted by Crippen LogP contribution is 2.32. The van der Waals surface area contributed by atoms with Crippen molar-refractivity contribution in [3.63, 3.8) is 0 Å². The molecule has 0 fully saturated rings. The summed E-state index contributed by atoms with van der Waals surface area (Å²) in [5, 5.41) is 0. The van der Waals surface area contributed by atoms with Crippen LogP contribution in [-0.2, 0) is 20.4 Å². The predicted octanol–water partition coefficient (Wildman–Crippen LogP) is 7.36. The second-order valence-corrected chi connectivity index (χ2v) is 12.6.